The Balaban J connectivity index is 1.44. The van der Waals surface area contributed by atoms with Crippen LogP contribution in [0.3, 0.4) is 0 Å². The Morgan fingerprint density at radius 3 is 2.84 bits per heavy atom. The highest BCUT2D eigenvalue weighted by molar-refractivity contribution is 6.01. The molecule has 2 aliphatic rings. The maximum Gasteiger partial charge on any atom is 0.255 e. The number of pyridine rings is 1. The van der Waals surface area contributed by atoms with Crippen LogP contribution in [-0.4, -0.2) is 53.1 Å². The highest BCUT2D eigenvalue weighted by atomic mass is 19.1. The minimum absolute atomic E-state index is 0.134. The number of likely N-dealkylation sites (tertiary alicyclic amines) is 1. The molecule has 0 saturated carbocycles. The molecule has 8 heteroatoms. The number of amides is 1. The second kappa shape index (κ2) is 7.92. The van der Waals surface area contributed by atoms with Crippen molar-refractivity contribution in [2.45, 2.75) is 31.3 Å². The number of carbonyl (C=O) groups is 1. The highest BCUT2D eigenvalue weighted by Gasteiger charge is 2.29. The lowest BCUT2D eigenvalue weighted by atomic mass is 10.0. The van der Waals surface area contributed by atoms with Crippen LogP contribution in [0.2, 0.25) is 0 Å². The molecule has 162 valence electrons. The molecule has 1 aromatic carbocycles. The molecule has 2 fully saturated rings. The Kier molecular flexibility index (Phi) is 5.09. The predicted molar refractivity (Wildman–Crippen MR) is 114 cm³/mol. The molecule has 0 spiro atoms. The molecule has 0 aliphatic carbocycles. The van der Waals surface area contributed by atoms with Gasteiger partial charge in [-0.1, -0.05) is 0 Å². The van der Waals surface area contributed by atoms with Crippen molar-refractivity contribution in [1.29, 1.82) is 0 Å². The lowest BCUT2D eigenvalue weighted by Gasteiger charge is -2.27. The summed E-state index contributed by atoms with van der Waals surface area (Å²) < 4.78 is 29.9. The molecule has 2 atom stereocenters. The maximum absolute atomic E-state index is 14.4. The smallest absolute Gasteiger partial charge is 0.255 e. The Bertz CT molecular complexity index is 1130. The van der Waals surface area contributed by atoms with Gasteiger partial charge in [0.2, 0.25) is 0 Å². The summed E-state index contributed by atoms with van der Waals surface area (Å²) in [6.07, 6.45) is 5.95. The molecule has 1 N–H and O–H groups in total. The van der Waals surface area contributed by atoms with E-state index < -0.39 is 11.6 Å². The SMILES string of the molecule is CN1CC[C@H](NC(=O)c2cnn3ccc(N4CCC[C@@H]4c4cc(F)ccc4F)cc23)C1. The van der Waals surface area contributed by atoms with Crippen molar-refractivity contribution < 1.29 is 13.6 Å². The number of carbonyl (C=O) groups excluding carboxylic acids is 1. The standard InChI is InChI=1S/C23H25F2N5O/c1-28-9-6-16(14-28)27-23(31)19-13-26-30-10-7-17(12-22(19)30)29-8-2-3-21(29)18-11-15(24)4-5-20(18)25/h4-5,7,10-13,16,21H,2-3,6,8-9,14H2,1H3,(H,27,31)/t16-,21+/m0/s1. The fourth-order valence-corrected chi connectivity index (χ4v) is 4.81. The lowest BCUT2D eigenvalue weighted by Crippen LogP contribution is -2.36. The second-order valence-corrected chi connectivity index (χ2v) is 8.51. The van der Waals surface area contributed by atoms with Gasteiger partial charge >= 0.3 is 0 Å². The minimum Gasteiger partial charge on any atom is -0.364 e. The van der Waals surface area contributed by atoms with Crippen LogP contribution in [0.4, 0.5) is 14.5 Å². The van der Waals surface area contributed by atoms with Gasteiger partial charge in [-0.05, 0) is 63.2 Å². The molecule has 2 aliphatic heterocycles. The Morgan fingerprint density at radius 1 is 1.16 bits per heavy atom. The fraction of sp³-hybridized carbons (Fsp3) is 0.391. The average Bonchev–Trinajstić information content (AvgIpc) is 3.48. The van der Waals surface area contributed by atoms with Gasteiger partial charge in [0.1, 0.15) is 11.6 Å². The summed E-state index contributed by atoms with van der Waals surface area (Å²) >= 11 is 0. The van der Waals surface area contributed by atoms with Crippen molar-refractivity contribution >= 4 is 17.1 Å². The minimum atomic E-state index is -0.439. The number of fused-ring (bicyclic) bond motifs is 1. The first-order valence-electron chi connectivity index (χ1n) is 10.7. The monoisotopic (exact) mass is 425 g/mol. The van der Waals surface area contributed by atoms with Gasteiger partial charge in [-0.2, -0.15) is 5.10 Å². The number of halogens is 2. The number of rotatable bonds is 4. The van der Waals surface area contributed by atoms with E-state index in [1.54, 1.807) is 10.7 Å². The first-order valence-corrected chi connectivity index (χ1v) is 10.7. The van der Waals surface area contributed by atoms with Crippen molar-refractivity contribution in [1.82, 2.24) is 19.8 Å². The summed E-state index contributed by atoms with van der Waals surface area (Å²) in [6, 6.07) is 7.32. The van der Waals surface area contributed by atoms with Crippen molar-refractivity contribution in [3.05, 3.63) is 65.5 Å². The summed E-state index contributed by atoms with van der Waals surface area (Å²) in [7, 11) is 2.04. The van der Waals surface area contributed by atoms with Crippen LogP contribution in [0.1, 0.15) is 41.2 Å². The van der Waals surface area contributed by atoms with E-state index in [4.69, 9.17) is 0 Å². The van der Waals surface area contributed by atoms with E-state index in [0.29, 0.717) is 16.6 Å². The van der Waals surface area contributed by atoms with Crippen LogP contribution < -0.4 is 10.2 Å². The van der Waals surface area contributed by atoms with Gasteiger partial charge in [-0.3, -0.25) is 4.79 Å². The molecule has 3 aromatic rings. The molecule has 2 aromatic heterocycles. The number of hydrogen-bond acceptors (Lipinski definition) is 4. The summed E-state index contributed by atoms with van der Waals surface area (Å²) in [5, 5.41) is 7.42. The zero-order valence-electron chi connectivity index (χ0n) is 17.4. The topological polar surface area (TPSA) is 52.9 Å². The fourth-order valence-electron chi connectivity index (χ4n) is 4.81. The molecule has 0 unspecified atom stereocenters. The molecule has 31 heavy (non-hydrogen) atoms. The molecule has 1 amide bonds. The second-order valence-electron chi connectivity index (χ2n) is 8.51. The molecule has 0 bridgehead atoms. The van der Waals surface area contributed by atoms with Crippen LogP contribution in [0.25, 0.3) is 5.52 Å². The van der Waals surface area contributed by atoms with Crippen molar-refractivity contribution in [3.63, 3.8) is 0 Å². The largest absolute Gasteiger partial charge is 0.364 e. The van der Waals surface area contributed by atoms with Crippen LogP contribution in [0, 0.1) is 11.6 Å². The predicted octanol–water partition coefficient (Wildman–Crippen LogP) is 3.39. The van der Waals surface area contributed by atoms with E-state index in [-0.39, 0.29) is 18.0 Å². The van der Waals surface area contributed by atoms with Gasteiger partial charge in [-0.15, -0.1) is 0 Å². The van der Waals surface area contributed by atoms with Gasteiger partial charge in [0.05, 0.1) is 23.3 Å². The third-order valence-electron chi connectivity index (χ3n) is 6.38. The van der Waals surface area contributed by atoms with Crippen LogP contribution in [0.5, 0.6) is 0 Å². The molecular formula is C23H25F2N5O. The number of aromatic nitrogens is 2. The van der Waals surface area contributed by atoms with E-state index in [1.165, 1.54) is 12.1 Å². The van der Waals surface area contributed by atoms with Gasteiger partial charge in [-0.25, -0.2) is 13.3 Å². The van der Waals surface area contributed by atoms with Crippen LogP contribution in [0.15, 0.2) is 42.7 Å². The maximum atomic E-state index is 14.4. The van der Waals surface area contributed by atoms with Gasteiger partial charge in [0.25, 0.3) is 5.91 Å². The number of nitrogens with one attached hydrogen (secondary N) is 1. The summed E-state index contributed by atoms with van der Waals surface area (Å²) in [5.74, 6) is -0.974. The Morgan fingerprint density at radius 2 is 2.03 bits per heavy atom. The number of hydrogen-bond donors (Lipinski definition) is 1. The summed E-state index contributed by atoms with van der Waals surface area (Å²) in [5.41, 5.74) is 2.46. The molecular weight excluding hydrogens is 400 g/mol. The number of nitrogens with zero attached hydrogens (tertiary/aromatic N) is 4. The molecule has 5 rings (SSSR count). The Hall–Kier alpha value is -3.00. The van der Waals surface area contributed by atoms with E-state index >= 15 is 0 Å². The van der Waals surface area contributed by atoms with Crippen molar-refractivity contribution in [2.75, 3.05) is 31.6 Å². The van der Waals surface area contributed by atoms with Crippen LogP contribution >= 0.6 is 0 Å². The third-order valence-corrected chi connectivity index (χ3v) is 6.38. The summed E-state index contributed by atoms with van der Waals surface area (Å²) in [6.45, 7) is 2.54. The van der Waals surface area contributed by atoms with Gasteiger partial charge in [0, 0.05) is 36.6 Å². The van der Waals surface area contributed by atoms with Crippen molar-refractivity contribution in [2.24, 2.45) is 0 Å². The molecule has 2 saturated heterocycles. The zero-order chi connectivity index (χ0) is 21.5. The quantitative estimate of drug-likeness (QED) is 0.696. The van der Waals surface area contributed by atoms with Gasteiger partial charge in [0.15, 0.2) is 0 Å². The highest BCUT2D eigenvalue weighted by Crippen LogP contribution is 2.38. The summed E-state index contributed by atoms with van der Waals surface area (Å²) in [4.78, 5) is 17.2. The van der Waals surface area contributed by atoms with E-state index in [0.717, 1.165) is 50.7 Å². The van der Waals surface area contributed by atoms with E-state index in [1.807, 2.05) is 25.4 Å². The number of anilines is 1. The zero-order valence-corrected chi connectivity index (χ0v) is 17.4. The first kappa shape index (κ1) is 19.9. The normalized spacial score (nSPS) is 21.8. The molecule has 6 nitrogen and oxygen atoms in total. The molecule has 4 heterocycles. The Labute approximate surface area is 179 Å². The molecule has 0 radical (unpaired) electrons. The van der Waals surface area contributed by atoms with E-state index in [9.17, 15) is 13.6 Å². The van der Waals surface area contributed by atoms with Gasteiger partial charge < -0.3 is 15.1 Å². The third kappa shape index (κ3) is 3.76. The lowest BCUT2D eigenvalue weighted by molar-refractivity contribution is 0.0940. The first-order chi connectivity index (χ1) is 15.0. The number of benzene rings is 1. The van der Waals surface area contributed by atoms with Crippen molar-refractivity contribution in [3.8, 4) is 0 Å². The van der Waals surface area contributed by atoms with E-state index in [2.05, 4.69) is 20.2 Å². The van der Waals surface area contributed by atoms with Crippen LogP contribution in [-0.2, 0) is 0 Å². The average molecular weight is 425 g/mol. The number of likely N-dealkylation sites (N-methyl/N-ethyl adjacent to an activating group) is 1.